The fourth-order valence-corrected chi connectivity index (χ4v) is 5.07. The number of nitrogen functional groups attached to an aromatic ring is 1. The molecule has 0 radical (unpaired) electrons. The Kier molecular flexibility index (Phi) is 3.70. The van der Waals surface area contributed by atoms with Gasteiger partial charge in [-0.1, -0.05) is 0 Å². The molecule has 3 saturated heterocycles. The fraction of sp³-hybridized carbons (Fsp3) is 0.550. The first-order valence-electron chi connectivity index (χ1n) is 10.1. The van der Waals surface area contributed by atoms with Gasteiger partial charge in [0.25, 0.3) is 0 Å². The quantitative estimate of drug-likeness (QED) is 0.833. The monoisotopic (exact) mass is 380 g/mol. The number of nitrogens with zero attached hydrogens (tertiary/aromatic N) is 5. The van der Waals surface area contributed by atoms with Crippen LogP contribution in [0.1, 0.15) is 18.4 Å². The van der Waals surface area contributed by atoms with Crippen molar-refractivity contribution >= 4 is 17.5 Å². The van der Waals surface area contributed by atoms with E-state index in [1.54, 1.807) is 6.20 Å². The van der Waals surface area contributed by atoms with Crippen molar-refractivity contribution in [1.82, 2.24) is 15.0 Å². The van der Waals surface area contributed by atoms with Gasteiger partial charge in [0.1, 0.15) is 17.5 Å². The number of aromatic nitrogens is 3. The topological polar surface area (TPSA) is 89.6 Å². The van der Waals surface area contributed by atoms with Gasteiger partial charge in [0.2, 0.25) is 0 Å². The van der Waals surface area contributed by atoms with Gasteiger partial charge in [-0.15, -0.1) is 0 Å². The van der Waals surface area contributed by atoms with Gasteiger partial charge in [-0.3, -0.25) is 0 Å². The molecule has 6 heterocycles. The van der Waals surface area contributed by atoms with E-state index in [4.69, 9.17) is 25.2 Å². The van der Waals surface area contributed by atoms with E-state index in [1.807, 2.05) is 12.1 Å². The Hall–Kier alpha value is -2.45. The highest BCUT2D eigenvalue weighted by Crippen LogP contribution is 2.43. The molecule has 2 aromatic rings. The van der Waals surface area contributed by atoms with Crippen molar-refractivity contribution in [2.75, 3.05) is 48.5 Å². The molecule has 2 N–H and O–H groups in total. The summed E-state index contributed by atoms with van der Waals surface area (Å²) in [5.74, 6) is 3.38. The van der Waals surface area contributed by atoms with Crippen LogP contribution in [0.2, 0.25) is 0 Å². The van der Waals surface area contributed by atoms with E-state index >= 15 is 0 Å². The molecule has 0 saturated carbocycles. The van der Waals surface area contributed by atoms with Crippen molar-refractivity contribution in [1.29, 1.82) is 0 Å². The van der Waals surface area contributed by atoms with Crippen LogP contribution in [0.4, 0.5) is 17.5 Å². The number of hydrogen-bond donors (Lipinski definition) is 1. The number of anilines is 3. The third-order valence-electron chi connectivity index (χ3n) is 6.43. The van der Waals surface area contributed by atoms with Crippen molar-refractivity contribution in [2.24, 2.45) is 0 Å². The average molecular weight is 380 g/mol. The number of rotatable bonds is 2. The first kappa shape index (κ1) is 16.5. The normalized spacial score (nSPS) is 28.4. The molecule has 0 aromatic carbocycles. The van der Waals surface area contributed by atoms with E-state index in [1.165, 1.54) is 18.4 Å². The average Bonchev–Trinajstić information content (AvgIpc) is 3.21. The summed E-state index contributed by atoms with van der Waals surface area (Å²) in [5.41, 5.74) is 7.94. The Labute approximate surface area is 163 Å². The molecule has 2 bridgehead atoms. The molecule has 4 aliphatic rings. The molecule has 8 heteroatoms. The van der Waals surface area contributed by atoms with Gasteiger partial charge in [-0.2, -0.15) is 0 Å². The number of nitrogens with two attached hydrogens (primary N) is 1. The lowest BCUT2D eigenvalue weighted by Crippen LogP contribution is -2.46. The third-order valence-corrected chi connectivity index (χ3v) is 6.43. The number of morpholine rings is 2. The summed E-state index contributed by atoms with van der Waals surface area (Å²) in [6, 6.07) is 4.93. The van der Waals surface area contributed by atoms with E-state index in [0.29, 0.717) is 23.9 Å². The maximum absolute atomic E-state index is 5.81. The lowest BCUT2D eigenvalue weighted by atomic mass is 10.1. The molecule has 0 aliphatic carbocycles. The predicted molar refractivity (Wildman–Crippen MR) is 105 cm³/mol. The van der Waals surface area contributed by atoms with Crippen LogP contribution >= 0.6 is 0 Å². The number of fused-ring (bicyclic) bond motifs is 5. The Morgan fingerprint density at radius 2 is 1.75 bits per heavy atom. The van der Waals surface area contributed by atoms with Crippen molar-refractivity contribution < 1.29 is 9.47 Å². The molecule has 3 fully saturated rings. The van der Waals surface area contributed by atoms with Crippen LogP contribution in [0.3, 0.4) is 0 Å². The minimum Gasteiger partial charge on any atom is -0.384 e. The molecule has 0 amide bonds. The van der Waals surface area contributed by atoms with Crippen molar-refractivity contribution in [2.45, 2.75) is 37.4 Å². The molecule has 2 aromatic heterocycles. The van der Waals surface area contributed by atoms with Gasteiger partial charge in [0.15, 0.2) is 5.82 Å². The zero-order chi connectivity index (χ0) is 18.7. The Morgan fingerprint density at radius 3 is 2.54 bits per heavy atom. The maximum atomic E-state index is 5.81. The van der Waals surface area contributed by atoms with Crippen LogP contribution in [0.15, 0.2) is 18.3 Å². The molecule has 3 atom stereocenters. The summed E-state index contributed by atoms with van der Waals surface area (Å²) in [4.78, 5) is 19.2. The second kappa shape index (κ2) is 6.28. The maximum Gasteiger partial charge on any atom is 0.165 e. The van der Waals surface area contributed by atoms with Crippen molar-refractivity contribution in [3.8, 4) is 11.4 Å². The van der Waals surface area contributed by atoms with E-state index in [0.717, 1.165) is 62.4 Å². The molecular weight excluding hydrogens is 356 g/mol. The van der Waals surface area contributed by atoms with Crippen LogP contribution < -0.4 is 15.5 Å². The van der Waals surface area contributed by atoms with Crippen LogP contribution in [0.5, 0.6) is 0 Å². The molecule has 6 rings (SSSR count). The Balaban J connectivity index is 1.50. The SMILES string of the molecule is Nc1ccc(-c2nc(N3C4CCC3COC4)c3c(n2)N2CCOC[C@H]2C3)cn1. The number of ether oxygens (including phenoxy) is 2. The minimum absolute atomic E-state index is 0.357. The summed E-state index contributed by atoms with van der Waals surface area (Å²) in [6.07, 6.45) is 5.04. The smallest absolute Gasteiger partial charge is 0.165 e. The largest absolute Gasteiger partial charge is 0.384 e. The molecule has 0 spiro atoms. The molecule has 2 unspecified atom stereocenters. The highest BCUT2D eigenvalue weighted by Gasteiger charge is 2.43. The number of pyridine rings is 1. The van der Waals surface area contributed by atoms with Crippen LogP contribution in [-0.4, -0.2) is 66.0 Å². The summed E-state index contributed by atoms with van der Waals surface area (Å²) in [6.45, 7) is 3.94. The van der Waals surface area contributed by atoms with Gasteiger partial charge in [0, 0.05) is 30.3 Å². The highest BCUT2D eigenvalue weighted by atomic mass is 16.5. The van der Waals surface area contributed by atoms with E-state index in [-0.39, 0.29) is 0 Å². The summed E-state index contributed by atoms with van der Waals surface area (Å²) < 4.78 is 11.5. The van der Waals surface area contributed by atoms with Crippen LogP contribution in [-0.2, 0) is 15.9 Å². The molecule has 146 valence electrons. The summed E-state index contributed by atoms with van der Waals surface area (Å²) in [7, 11) is 0. The van der Waals surface area contributed by atoms with Crippen molar-refractivity contribution in [3.63, 3.8) is 0 Å². The van der Waals surface area contributed by atoms with E-state index in [9.17, 15) is 0 Å². The molecule has 4 aliphatic heterocycles. The van der Waals surface area contributed by atoms with E-state index in [2.05, 4.69) is 14.8 Å². The Morgan fingerprint density at radius 1 is 0.964 bits per heavy atom. The van der Waals surface area contributed by atoms with Gasteiger partial charge in [0.05, 0.1) is 44.6 Å². The minimum atomic E-state index is 0.357. The van der Waals surface area contributed by atoms with Crippen LogP contribution in [0.25, 0.3) is 11.4 Å². The lowest BCUT2D eigenvalue weighted by molar-refractivity contribution is 0.0900. The molecular formula is C20H24N6O2. The second-order valence-corrected chi connectivity index (χ2v) is 8.10. The van der Waals surface area contributed by atoms with Gasteiger partial charge < -0.3 is 25.0 Å². The fourth-order valence-electron chi connectivity index (χ4n) is 5.07. The zero-order valence-electron chi connectivity index (χ0n) is 15.8. The molecule has 8 nitrogen and oxygen atoms in total. The van der Waals surface area contributed by atoms with E-state index < -0.39 is 0 Å². The molecule has 28 heavy (non-hydrogen) atoms. The first-order chi connectivity index (χ1) is 13.8. The predicted octanol–water partition coefficient (Wildman–Crippen LogP) is 1.25. The first-order valence-corrected chi connectivity index (χ1v) is 10.1. The Bertz CT molecular complexity index is 888. The number of hydrogen-bond acceptors (Lipinski definition) is 8. The third kappa shape index (κ3) is 2.48. The van der Waals surface area contributed by atoms with Crippen LogP contribution in [0, 0.1) is 0 Å². The highest BCUT2D eigenvalue weighted by molar-refractivity contribution is 5.71. The summed E-state index contributed by atoms with van der Waals surface area (Å²) >= 11 is 0. The van der Waals surface area contributed by atoms with Gasteiger partial charge in [-0.25, -0.2) is 15.0 Å². The second-order valence-electron chi connectivity index (χ2n) is 8.10. The standard InChI is InChI=1S/C20H24N6O2/c21-17-4-1-12(8-22-17)18-23-19-16(7-15-11-27-6-5-25(15)19)20(24-18)26-13-2-3-14(26)10-28-9-13/h1,4,8,13-15H,2-3,5-7,9-11H2,(H2,21,22)/t13?,14?,15-/m1/s1. The lowest BCUT2D eigenvalue weighted by Gasteiger charge is -2.36. The summed E-state index contributed by atoms with van der Waals surface area (Å²) in [5, 5.41) is 0. The van der Waals surface area contributed by atoms with Crippen molar-refractivity contribution in [3.05, 3.63) is 23.9 Å². The van der Waals surface area contributed by atoms with Gasteiger partial charge >= 0.3 is 0 Å². The zero-order valence-corrected chi connectivity index (χ0v) is 15.8. The van der Waals surface area contributed by atoms with Gasteiger partial charge in [-0.05, 0) is 25.0 Å².